The Morgan fingerprint density at radius 3 is 2.29 bits per heavy atom. The summed E-state index contributed by atoms with van der Waals surface area (Å²) in [6.45, 7) is 7.05. The van der Waals surface area contributed by atoms with Crippen LogP contribution in [0.15, 0.2) is 24.3 Å². The summed E-state index contributed by atoms with van der Waals surface area (Å²) in [5, 5.41) is 9.12. The molecule has 3 heteroatoms. The standard InChI is InChI=1S/C14H21NO2/c1-3-9-15(10-4-2)11-12-7-5-6-8-13(12)14(16)17/h5-8H,3-4,9-11H2,1-2H3,(H,16,17). The summed E-state index contributed by atoms with van der Waals surface area (Å²) in [7, 11) is 0. The molecule has 1 rings (SSSR count). The van der Waals surface area contributed by atoms with Crippen LogP contribution < -0.4 is 0 Å². The van der Waals surface area contributed by atoms with Gasteiger partial charge in [-0.3, -0.25) is 4.90 Å². The minimum absolute atomic E-state index is 0.421. The van der Waals surface area contributed by atoms with Gasteiger partial charge in [0.1, 0.15) is 0 Å². The highest BCUT2D eigenvalue weighted by atomic mass is 16.4. The number of carboxylic acid groups (broad SMARTS) is 1. The van der Waals surface area contributed by atoms with Crippen molar-refractivity contribution in [1.29, 1.82) is 0 Å². The second kappa shape index (κ2) is 7.07. The van der Waals surface area contributed by atoms with Crippen molar-refractivity contribution in [3.8, 4) is 0 Å². The lowest BCUT2D eigenvalue weighted by Crippen LogP contribution is -2.25. The molecule has 0 saturated heterocycles. The number of carboxylic acids is 1. The van der Waals surface area contributed by atoms with E-state index in [1.807, 2.05) is 12.1 Å². The number of hydrogen-bond acceptors (Lipinski definition) is 2. The third-order valence-electron chi connectivity index (χ3n) is 2.72. The zero-order valence-corrected chi connectivity index (χ0v) is 10.6. The Bertz CT molecular complexity index is 357. The van der Waals surface area contributed by atoms with Crippen LogP contribution in [0.3, 0.4) is 0 Å². The highest BCUT2D eigenvalue weighted by molar-refractivity contribution is 5.89. The van der Waals surface area contributed by atoms with Crippen LogP contribution in [0, 0.1) is 0 Å². The largest absolute Gasteiger partial charge is 0.478 e. The average Bonchev–Trinajstić information content (AvgIpc) is 2.30. The van der Waals surface area contributed by atoms with E-state index >= 15 is 0 Å². The first-order chi connectivity index (χ1) is 8.19. The molecule has 0 saturated carbocycles. The van der Waals surface area contributed by atoms with Gasteiger partial charge in [-0.15, -0.1) is 0 Å². The molecule has 0 atom stereocenters. The monoisotopic (exact) mass is 235 g/mol. The Kier molecular flexibility index (Phi) is 5.70. The van der Waals surface area contributed by atoms with Crippen molar-refractivity contribution >= 4 is 5.97 Å². The van der Waals surface area contributed by atoms with Gasteiger partial charge < -0.3 is 5.11 Å². The molecule has 3 nitrogen and oxygen atoms in total. The van der Waals surface area contributed by atoms with Gasteiger partial charge >= 0.3 is 5.97 Å². The topological polar surface area (TPSA) is 40.5 Å². The molecule has 0 spiro atoms. The summed E-state index contributed by atoms with van der Waals surface area (Å²) >= 11 is 0. The lowest BCUT2D eigenvalue weighted by atomic mass is 10.1. The van der Waals surface area contributed by atoms with Gasteiger partial charge in [-0.05, 0) is 37.6 Å². The Labute approximate surface area is 103 Å². The van der Waals surface area contributed by atoms with Crippen molar-refractivity contribution in [2.45, 2.75) is 33.2 Å². The fraction of sp³-hybridized carbons (Fsp3) is 0.500. The van der Waals surface area contributed by atoms with Crippen LogP contribution in [0.2, 0.25) is 0 Å². The Morgan fingerprint density at radius 2 is 1.76 bits per heavy atom. The molecule has 94 valence electrons. The van der Waals surface area contributed by atoms with Crippen molar-refractivity contribution in [3.05, 3.63) is 35.4 Å². The first-order valence-electron chi connectivity index (χ1n) is 6.22. The van der Waals surface area contributed by atoms with Gasteiger partial charge in [0.15, 0.2) is 0 Å². The maximum absolute atomic E-state index is 11.1. The van der Waals surface area contributed by atoms with Crippen LogP contribution in [0.5, 0.6) is 0 Å². The Morgan fingerprint density at radius 1 is 1.18 bits per heavy atom. The Balaban J connectivity index is 2.80. The minimum atomic E-state index is -0.839. The van der Waals surface area contributed by atoms with E-state index in [4.69, 9.17) is 5.11 Å². The molecule has 1 N–H and O–H groups in total. The normalized spacial score (nSPS) is 10.8. The molecule has 0 unspecified atom stereocenters. The molecule has 0 aliphatic heterocycles. The zero-order valence-electron chi connectivity index (χ0n) is 10.6. The van der Waals surface area contributed by atoms with Crippen LogP contribution in [-0.2, 0) is 6.54 Å². The van der Waals surface area contributed by atoms with Crippen LogP contribution in [-0.4, -0.2) is 29.1 Å². The summed E-state index contributed by atoms with van der Waals surface area (Å²) in [6, 6.07) is 7.25. The van der Waals surface area contributed by atoms with Crippen molar-refractivity contribution in [2.24, 2.45) is 0 Å². The van der Waals surface area contributed by atoms with Gasteiger partial charge in [-0.2, -0.15) is 0 Å². The van der Waals surface area contributed by atoms with Gasteiger partial charge in [0.2, 0.25) is 0 Å². The van der Waals surface area contributed by atoms with E-state index in [1.165, 1.54) is 0 Å². The van der Waals surface area contributed by atoms with Gasteiger partial charge in [-0.1, -0.05) is 32.0 Å². The molecule has 0 amide bonds. The van der Waals surface area contributed by atoms with Crippen molar-refractivity contribution < 1.29 is 9.90 Å². The first kappa shape index (κ1) is 13.7. The van der Waals surface area contributed by atoms with Crippen LogP contribution >= 0.6 is 0 Å². The third kappa shape index (κ3) is 4.19. The molecule has 0 aliphatic rings. The first-order valence-corrected chi connectivity index (χ1v) is 6.22. The molecule has 0 heterocycles. The van der Waals surface area contributed by atoms with Crippen LogP contribution in [0.4, 0.5) is 0 Å². The maximum atomic E-state index is 11.1. The lowest BCUT2D eigenvalue weighted by molar-refractivity contribution is 0.0694. The predicted molar refractivity (Wildman–Crippen MR) is 69.3 cm³/mol. The third-order valence-corrected chi connectivity index (χ3v) is 2.72. The van der Waals surface area contributed by atoms with Crippen LogP contribution in [0.1, 0.15) is 42.6 Å². The summed E-state index contributed by atoms with van der Waals surface area (Å²) in [4.78, 5) is 13.4. The fourth-order valence-corrected chi connectivity index (χ4v) is 2.01. The van der Waals surface area contributed by atoms with Gasteiger partial charge in [0.25, 0.3) is 0 Å². The minimum Gasteiger partial charge on any atom is -0.478 e. The summed E-state index contributed by atoms with van der Waals surface area (Å²) in [6.07, 6.45) is 2.18. The van der Waals surface area contributed by atoms with Crippen molar-refractivity contribution in [1.82, 2.24) is 4.90 Å². The second-order valence-corrected chi connectivity index (χ2v) is 4.24. The molecule has 1 aromatic carbocycles. The van der Waals surface area contributed by atoms with Gasteiger partial charge in [0, 0.05) is 6.54 Å². The molecular weight excluding hydrogens is 214 g/mol. The molecule has 0 aliphatic carbocycles. The highest BCUT2D eigenvalue weighted by Crippen LogP contribution is 2.12. The molecular formula is C14H21NO2. The van der Waals surface area contributed by atoms with E-state index in [0.29, 0.717) is 5.56 Å². The lowest BCUT2D eigenvalue weighted by Gasteiger charge is -2.21. The van der Waals surface area contributed by atoms with E-state index < -0.39 is 5.97 Å². The zero-order chi connectivity index (χ0) is 12.7. The molecule has 0 bridgehead atoms. The maximum Gasteiger partial charge on any atom is 0.336 e. The molecule has 0 aromatic heterocycles. The van der Waals surface area contributed by atoms with Crippen molar-refractivity contribution in [2.75, 3.05) is 13.1 Å². The predicted octanol–water partition coefficient (Wildman–Crippen LogP) is 3.01. The molecule has 0 fully saturated rings. The fourth-order valence-electron chi connectivity index (χ4n) is 2.01. The summed E-state index contributed by atoms with van der Waals surface area (Å²) in [5.41, 5.74) is 1.33. The van der Waals surface area contributed by atoms with Crippen molar-refractivity contribution in [3.63, 3.8) is 0 Å². The van der Waals surface area contributed by atoms with E-state index in [9.17, 15) is 4.79 Å². The van der Waals surface area contributed by atoms with E-state index in [2.05, 4.69) is 18.7 Å². The molecule has 0 radical (unpaired) electrons. The number of benzene rings is 1. The number of aromatic carboxylic acids is 1. The molecule has 1 aromatic rings. The molecule has 17 heavy (non-hydrogen) atoms. The SMILES string of the molecule is CCCN(CCC)Cc1ccccc1C(=O)O. The van der Waals surface area contributed by atoms with Gasteiger partial charge in [0.05, 0.1) is 5.56 Å². The Hall–Kier alpha value is -1.35. The van der Waals surface area contributed by atoms with Crippen LogP contribution in [0.25, 0.3) is 0 Å². The van der Waals surface area contributed by atoms with E-state index in [-0.39, 0.29) is 0 Å². The number of carbonyl (C=O) groups is 1. The van der Waals surface area contributed by atoms with Gasteiger partial charge in [-0.25, -0.2) is 4.79 Å². The number of nitrogens with zero attached hydrogens (tertiary/aromatic N) is 1. The van der Waals surface area contributed by atoms with E-state index in [0.717, 1.165) is 38.0 Å². The number of rotatable bonds is 7. The number of hydrogen-bond donors (Lipinski definition) is 1. The van der Waals surface area contributed by atoms with E-state index in [1.54, 1.807) is 12.1 Å². The summed E-state index contributed by atoms with van der Waals surface area (Å²) < 4.78 is 0. The second-order valence-electron chi connectivity index (χ2n) is 4.24. The quantitative estimate of drug-likeness (QED) is 0.789. The smallest absolute Gasteiger partial charge is 0.336 e. The summed E-state index contributed by atoms with van der Waals surface area (Å²) in [5.74, 6) is -0.839. The highest BCUT2D eigenvalue weighted by Gasteiger charge is 2.11. The average molecular weight is 235 g/mol.